The third-order valence-corrected chi connectivity index (χ3v) is 4.20. The Bertz CT molecular complexity index is 1110. The second-order valence-corrected chi connectivity index (χ2v) is 6.35. The first-order valence-electron chi connectivity index (χ1n) is 9.02. The summed E-state index contributed by atoms with van der Waals surface area (Å²) >= 11 is 0. The maximum Gasteiger partial charge on any atom is 0.335 e. The van der Waals surface area contributed by atoms with Crippen LogP contribution in [-0.2, 0) is 9.59 Å². The fourth-order valence-electron chi connectivity index (χ4n) is 2.63. The molecule has 0 fully saturated rings. The number of carbonyl (C=O) groups is 3. The summed E-state index contributed by atoms with van der Waals surface area (Å²) in [5.74, 6) is -4.39. The Morgan fingerprint density at radius 1 is 0.710 bits per heavy atom. The number of halogens is 2. The van der Waals surface area contributed by atoms with Crippen LogP contribution in [0.5, 0.6) is 0 Å². The lowest BCUT2D eigenvalue weighted by molar-refractivity contribution is -0.118. The molecule has 3 aromatic rings. The van der Waals surface area contributed by atoms with Gasteiger partial charge in [0, 0.05) is 0 Å². The van der Waals surface area contributed by atoms with Crippen LogP contribution in [0.15, 0.2) is 78.4 Å². The largest absolute Gasteiger partial charge is 0.478 e. The van der Waals surface area contributed by atoms with Crippen molar-refractivity contribution in [3.63, 3.8) is 0 Å². The van der Waals surface area contributed by atoms with Crippen LogP contribution in [0.1, 0.15) is 15.9 Å². The van der Waals surface area contributed by atoms with Crippen molar-refractivity contribution in [3.05, 3.63) is 101 Å². The van der Waals surface area contributed by atoms with E-state index in [1.807, 2.05) is 0 Å². The molecule has 0 aromatic heterocycles. The van der Waals surface area contributed by atoms with E-state index in [4.69, 9.17) is 5.11 Å². The number of carboxylic acid groups (broad SMARTS) is 1. The first-order chi connectivity index (χ1) is 14.8. The molecule has 3 N–H and O–H groups in total. The predicted molar refractivity (Wildman–Crippen MR) is 111 cm³/mol. The van der Waals surface area contributed by atoms with Crippen LogP contribution in [0, 0.1) is 11.6 Å². The van der Waals surface area contributed by atoms with Crippen molar-refractivity contribution in [2.24, 2.45) is 0 Å². The Hall–Kier alpha value is -4.33. The van der Waals surface area contributed by atoms with Crippen molar-refractivity contribution in [2.75, 3.05) is 10.6 Å². The molecular formula is C23H16F2N2O4. The molecule has 6 nitrogen and oxygen atoms in total. The number of rotatable bonds is 6. The summed E-state index contributed by atoms with van der Waals surface area (Å²) < 4.78 is 27.8. The summed E-state index contributed by atoms with van der Waals surface area (Å²) in [5, 5.41) is 13.6. The Morgan fingerprint density at radius 2 is 1.16 bits per heavy atom. The molecule has 3 aromatic carbocycles. The molecule has 8 heteroatoms. The Kier molecular flexibility index (Phi) is 6.51. The average molecular weight is 422 g/mol. The Morgan fingerprint density at radius 3 is 1.58 bits per heavy atom. The van der Waals surface area contributed by atoms with Crippen LogP contribution in [0.3, 0.4) is 0 Å². The first kappa shape index (κ1) is 21.4. The number of anilines is 2. The van der Waals surface area contributed by atoms with Crippen LogP contribution in [0.25, 0.3) is 6.08 Å². The molecule has 0 radical (unpaired) electrons. The van der Waals surface area contributed by atoms with Crippen molar-refractivity contribution in [1.29, 1.82) is 0 Å². The Balaban J connectivity index is 1.95. The highest BCUT2D eigenvalue weighted by molar-refractivity contribution is 6.28. The van der Waals surface area contributed by atoms with Crippen molar-refractivity contribution in [1.82, 2.24) is 0 Å². The van der Waals surface area contributed by atoms with Gasteiger partial charge < -0.3 is 15.7 Å². The van der Waals surface area contributed by atoms with Crippen molar-refractivity contribution in [2.45, 2.75) is 0 Å². The molecule has 2 amide bonds. The number of carbonyl (C=O) groups excluding carboxylic acids is 2. The molecule has 0 heterocycles. The maximum absolute atomic E-state index is 13.9. The fraction of sp³-hybridized carbons (Fsp3) is 0. The van der Waals surface area contributed by atoms with Crippen LogP contribution in [0.4, 0.5) is 20.2 Å². The molecule has 0 aliphatic heterocycles. The lowest BCUT2D eigenvalue weighted by atomic mass is 10.1. The molecule has 0 atom stereocenters. The third kappa shape index (κ3) is 5.39. The van der Waals surface area contributed by atoms with Crippen molar-refractivity contribution < 1.29 is 28.3 Å². The topological polar surface area (TPSA) is 95.5 Å². The van der Waals surface area contributed by atoms with Gasteiger partial charge in [-0.1, -0.05) is 36.4 Å². The van der Waals surface area contributed by atoms with Gasteiger partial charge in [-0.15, -0.1) is 0 Å². The van der Waals surface area contributed by atoms with Gasteiger partial charge in [0.2, 0.25) is 0 Å². The van der Waals surface area contributed by atoms with Gasteiger partial charge in [0.05, 0.1) is 16.9 Å². The summed E-state index contributed by atoms with van der Waals surface area (Å²) in [6, 6.07) is 16.2. The zero-order valence-electron chi connectivity index (χ0n) is 15.9. The van der Waals surface area contributed by atoms with Gasteiger partial charge in [-0.3, -0.25) is 9.59 Å². The molecule has 0 unspecified atom stereocenters. The maximum atomic E-state index is 13.9. The quantitative estimate of drug-likeness (QED) is 0.313. The van der Waals surface area contributed by atoms with Crippen molar-refractivity contribution >= 4 is 35.2 Å². The van der Waals surface area contributed by atoms with E-state index in [-0.39, 0.29) is 16.9 Å². The summed E-state index contributed by atoms with van der Waals surface area (Å²) in [5.41, 5.74) is -0.358. The number of hydrogen-bond donors (Lipinski definition) is 3. The SMILES string of the molecule is O=C(Nc1ccccc1F)C(=Cc1ccc(C(=O)O)cc1)C(=O)Nc1ccccc1F. The molecule has 0 saturated carbocycles. The van der Waals surface area contributed by atoms with Gasteiger partial charge in [0.25, 0.3) is 11.8 Å². The highest BCUT2D eigenvalue weighted by Crippen LogP contribution is 2.18. The third-order valence-electron chi connectivity index (χ3n) is 4.20. The van der Waals surface area contributed by atoms with E-state index in [9.17, 15) is 23.2 Å². The smallest absolute Gasteiger partial charge is 0.335 e. The monoisotopic (exact) mass is 422 g/mol. The molecule has 0 saturated heterocycles. The second-order valence-electron chi connectivity index (χ2n) is 6.35. The van der Waals surface area contributed by atoms with Gasteiger partial charge in [-0.05, 0) is 48.0 Å². The van der Waals surface area contributed by atoms with E-state index >= 15 is 0 Å². The lowest BCUT2D eigenvalue weighted by Gasteiger charge is -2.11. The number of aromatic carboxylic acids is 1. The highest BCUT2D eigenvalue weighted by Gasteiger charge is 2.21. The van der Waals surface area contributed by atoms with Gasteiger partial charge in [0.15, 0.2) is 0 Å². The van der Waals surface area contributed by atoms with Gasteiger partial charge in [0.1, 0.15) is 17.2 Å². The number of nitrogens with one attached hydrogen (secondary N) is 2. The van der Waals surface area contributed by atoms with E-state index < -0.39 is 35.0 Å². The first-order valence-corrected chi connectivity index (χ1v) is 9.02. The number of amides is 2. The molecule has 156 valence electrons. The molecule has 31 heavy (non-hydrogen) atoms. The second kappa shape index (κ2) is 9.45. The minimum absolute atomic E-state index is 0.0188. The van der Waals surface area contributed by atoms with E-state index in [0.717, 1.165) is 12.1 Å². The van der Waals surface area contributed by atoms with Crippen LogP contribution < -0.4 is 10.6 Å². The summed E-state index contributed by atoms with van der Waals surface area (Å²) in [6.07, 6.45) is 1.19. The number of hydrogen-bond acceptors (Lipinski definition) is 3. The van der Waals surface area contributed by atoms with Crippen LogP contribution in [0.2, 0.25) is 0 Å². The average Bonchev–Trinajstić information content (AvgIpc) is 2.75. The Labute approximate surface area is 175 Å². The fourth-order valence-corrected chi connectivity index (χ4v) is 2.63. The molecular weight excluding hydrogens is 406 g/mol. The number of carboxylic acids is 1. The van der Waals surface area contributed by atoms with Gasteiger partial charge in [-0.2, -0.15) is 0 Å². The van der Waals surface area contributed by atoms with Crippen molar-refractivity contribution in [3.8, 4) is 0 Å². The zero-order chi connectivity index (χ0) is 22.4. The summed E-state index contributed by atoms with van der Waals surface area (Å²) in [7, 11) is 0. The summed E-state index contributed by atoms with van der Waals surface area (Å²) in [6.45, 7) is 0. The minimum atomic E-state index is -1.13. The molecule has 0 spiro atoms. The molecule has 0 aliphatic rings. The lowest BCUT2D eigenvalue weighted by Crippen LogP contribution is -2.26. The van der Waals surface area contributed by atoms with E-state index in [0.29, 0.717) is 5.56 Å². The number of para-hydroxylation sites is 2. The van der Waals surface area contributed by atoms with Crippen LogP contribution in [-0.4, -0.2) is 22.9 Å². The molecule has 0 bridgehead atoms. The van der Waals surface area contributed by atoms with E-state index in [1.54, 1.807) is 0 Å². The van der Waals surface area contributed by atoms with E-state index in [2.05, 4.69) is 10.6 Å². The predicted octanol–water partition coefficient (Wildman–Crippen LogP) is 4.32. The molecule has 0 aliphatic carbocycles. The van der Waals surface area contributed by atoms with Gasteiger partial charge >= 0.3 is 5.97 Å². The molecule has 3 rings (SSSR count). The highest BCUT2D eigenvalue weighted by atomic mass is 19.1. The normalized spacial score (nSPS) is 10.1. The van der Waals surface area contributed by atoms with E-state index in [1.165, 1.54) is 66.7 Å². The minimum Gasteiger partial charge on any atom is -0.478 e. The standard InChI is InChI=1S/C23H16F2N2O4/c24-17-5-1-3-7-19(17)26-21(28)16(13-14-9-11-15(12-10-14)23(30)31)22(29)27-20-8-4-2-6-18(20)25/h1-13H,(H,26,28)(H,27,29)(H,30,31). The summed E-state index contributed by atoms with van der Waals surface area (Å²) in [4.78, 5) is 36.5. The van der Waals surface area contributed by atoms with Crippen LogP contribution >= 0.6 is 0 Å². The zero-order valence-corrected chi connectivity index (χ0v) is 15.9. The van der Waals surface area contributed by atoms with Gasteiger partial charge in [-0.25, -0.2) is 13.6 Å². The number of benzene rings is 3.